The summed E-state index contributed by atoms with van der Waals surface area (Å²) in [6.45, 7) is 3.72. The van der Waals surface area contributed by atoms with Gasteiger partial charge in [-0.1, -0.05) is 29.8 Å². The molecule has 0 saturated carbocycles. The van der Waals surface area contributed by atoms with Gasteiger partial charge in [0.15, 0.2) is 0 Å². The summed E-state index contributed by atoms with van der Waals surface area (Å²) in [7, 11) is 1.23. The topological polar surface area (TPSA) is 68.5 Å². The molecule has 0 aliphatic carbocycles. The van der Waals surface area contributed by atoms with Crippen LogP contribution in [0.3, 0.4) is 0 Å². The number of ether oxygens (including phenoxy) is 1. The van der Waals surface area contributed by atoms with Crippen molar-refractivity contribution in [3.05, 3.63) is 62.9 Å². The van der Waals surface area contributed by atoms with E-state index in [9.17, 15) is 14.7 Å². The van der Waals surface area contributed by atoms with Crippen LogP contribution in [0.25, 0.3) is 0 Å². The Morgan fingerprint density at radius 2 is 2.00 bits per heavy atom. The first-order chi connectivity index (χ1) is 9.93. The van der Waals surface area contributed by atoms with E-state index >= 15 is 0 Å². The lowest BCUT2D eigenvalue weighted by atomic mass is 10.1. The third-order valence-electron chi connectivity index (χ3n) is 3.29. The van der Waals surface area contributed by atoms with Crippen molar-refractivity contribution < 1.29 is 14.6 Å². The van der Waals surface area contributed by atoms with Gasteiger partial charge in [0, 0.05) is 6.07 Å². The van der Waals surface area contributed by atoms with Crippen molar-refractivity contribution in [2.45, 2.75) is 20.4 Å². The summed E-state index contributed by atoms with van der Waals surface area (Å²) in [5, 5.41) is 10.2. The SMILES string of the molecule is COC(=O)c1c(C)cc(=O)n(Cc2cccc(C)c2)c1O. The first-order valence-electron chi connectivity index (χ1n) is 6.51. The first-order valence-corrected chi connectivity index (χ1v) is 6.51. The van der Waals surface area contributed by atoms with Crippen LogP contribution >= 0.6 is 0 Å². The molecule has 0 fully saturated rings. The molecule has 2 aromatic rings. The number of hydrogen-bond donors (Lipinski definition) is 1. The molecule has 1 aromatic carbocycles. The molecule has 110 valence electrons. The minimum Gasteiger partial charge on any atom is -0.494 e. The Bertz CT molecular complexity index is 746. The van der Waals surface area contributed by atoms with Crippen LogP contribution in [-0.4, -0.2) is 22.8 Å². The van der Waals surface area contributed by atoms with Crippen LogP contribution in [0.2, 0.25) is 0 Å². The predicted octanol–water partition coefficient (Wildman–Crippen LogP) is 2.01. The molecule has 2 rings (SSSR count). The second-order valence-corrected chi connectivity index (χ2v) is 4.93. The van der Waals surface area contributed by atoms with Crippen LogP contribution in [0, 0.1) is 13.8 Å². The number of pyridine rings is 1. The van der Waals surface area contributed by atoms with Crippen molar-refractivity contribution in [1.82, 2.24) is 4.57 Å². The number of rotatable bonds is 3. The Hall–Kier alpha value is -2.56. The van der Waals surface area contributed by atoms with E-state index in [1.807, 2.05) is 31.2 Å². The van der Waals surface area contributed by atoms with Crippen LogP contribution in [0.5, 0.6) is 5.88 Å². The molecule has 5 heteroatoms. The molecule has 0 unspecified atom stereocenters. The number of carbonyl (C=O) groups is 1. The standard InChI is InChI=1S/C16H17NO4/c1-10-5-4-6-12(7-10)9-17-13(18)8-11(2)14(15(17)19)16(20)21-3/h4-8,19H,9H2,1-3H3. The van der Waals surface area contributed by atoms with Crippen molar-refractivity contribution in [2.24, 2.45) is 0 Å². The van der Waals surface area contributed by atoms with Crippen molar-refractivity contribution in [3.63, 3.8) is 0 Å². The fraction of sp³-hybridized carbons (Fsp3) is 0.250. The molecule has 0 radical (unpaired) electrons. The van der Waals surface area contributed by atoms with E-state index < -0.39 is 5.97 Å². The maximum Gasteiger partial charge on any atom is 0.343 e. The van der Waals surface area contributed by atoms with Gasteiger partial charge in [-0.25, -0.2) is 4.79 Å². The average Bonchev–Trinajstić information content (AvgIpc) is 2.43. The number of carbonyl (C=O) groups excluding carboxylic acids is 1. The molecule has 0 aliphatic heterocycles. The molecule has 0 saturated heterocycles. The van der Waals surface area contributed by atoms with E-state index in [1.54, 1.807) is 6.92 Å². The van der Waals surface area contributed by atoms with E-state index in [4.69, 9.17) is 0 Å². The van der Waals surface area contributed by atoms with E-state index in [0.717, 1.165) is 15.7 Å². The maximum atomic E-state index is 12.1. The molecule has 5 nitrogen and oxygen atoms in total. The summed E-state index contributed by atoms with van der Waals surface area (Å²) in [5.74, 6) is -1.03. The molecule has 0 aliphatic rings. The number of aryl methyl sites for hydroxylation is 2. The zero-order valence-corrected chi connectivity index (χ0v) is 12.2. The third kappa shape index (κ3) is 2.97. The van der Waals surface area contributed by atoms with Crippen molar-refractivity contribution in [2.75, 3.05) is 7.11 Å². The van der Waals surface area contributed by atoms with Gasteiger partial charge in [-0.15, -0.1) is 0 Å². The van der Waals surface area contributed by atoms with E-state index in [0.29, 0.717) is 5.56 Å². The molecule has 0 amide bonds. The number of hydrogen-bond acceptors (Lipinski definition) is 4. The molecular weight excluding hydrogens is 270 g/mol. The molecule has 0 spiro atoms. The molecule has 0 atom stereocenters. The lowest BCUT2D eigenvalue weighted by molar-refractivity contribution is 0.0594. The minimum absolute atomic E-state index is 0.0183. The highest BCUT2D eigenvalue weighted by atomic mass is 16.5. The smallest absolute Gasteiger partial charge is 0.343 e. The summed E-state index contributed by atoms with van der Waals surface area (Å²) < 4.78 is 5.81. The van der Waals surface area contributed by atoms with Crippen LogP contribution in [0.1, 0.15) is 27.0 Å². The molecular formula is C16H17NO4. The largest absolute Gasteiger partial charge is 0.494 e. The van der Waals surface area contributed by atoms with Gasteiger partial charge >= 0.3 is 5.97 Å². The van der Waals surface area contributed by atoms with Gasteiger partial charge in [0.1, 0.15) is 5.56 Å². The lowest BCUT2D eigenvalue weighted by Gasteiger charge is -2.13. The van der Waals surface area contributed by atoms with Gasteiger partial charge < -0.3 is 9.84 Å². The van der Waals surface area contributed by atoms with Crippen LogP contribution in [0.4, 0.5) is 0 Å². The van der Waals surface area contributed by atoms with Crippen molar-refractivity contribution in [3.8, 4) is 5.88 Å². The predicted molar refractivity (Wildman–Crippen MR) is 78.7 cm³/mol. The Balaban J connectivity index is 2.54. The molecule has 0 bridgehead atoms. The number of aromatic nitrogens is 1. The maximum absolute atomic E-state index is 12.1. The highest BCUT2D eigenvalue weighted by Gasteiger charge is 2.19. The fourth-order valence-corrected chi connectivity index (χ4v) is 2.25. The molecule has 1 aromatic heterocycles. The van der Waals surface area contributed by atoms with E-state index in [1.165, 1.54) is 13.2 Å². The number of benzene rings is 1. The van der Waals surface area contributed by atoms with Crippen LogP contribution in [0.15, 0.2) is 35.1 Å². The minimum atomic E-state index is -0.664. The van der Waals surface area contributed by atoms with Crippen LogP contribution in [-0.2, 0) is 11.3 Å². The molecule has 1 N–H and O–H groups in total. The second-order valence-electron chi connectivity index (χ2n) is 4.93. The summed E-state index contributed by atoms with van der Waals surface area (Å²) >= 11 is 0. The third-order valence-corrected chi connectivity index (χ3v) is 3.29. The van der Waals surface area contributed by atoms with Crippen molar-refractivity contribution in [1.29, 1.82) is 0 Å². The Kier molecular flexibility index (Phi) is 4.12. The Morgan fingerprint density at radius 3 is 2.62 bits per heavy atom. The number of nitrogens with zero attached hydrogens (tertiary/aromatic N) is 1. The van der Waals surface area contributed by atoms with Gasteiger partial charge in [0.2, 0.25) is 5.88 Å². The highest BCUT2D eigenvalue weighted by molar-refractivity contribution is 5.93. The molecule has 1 heterocycles. The first kappa shape index (κ1) is 14.8. The summed E-state index contributed by atoms with van der Waals surface area (Å²) in [5.41, 5.74) is 1.97. The second kappa shape index (κ2) is 5.83. The van der Waals surface area contributed by atoms with Gasteiger partial charge in [-0.3, -0.25) is 9.36 Å². The summed E-state index contributed by atoms with van der Waals surface area (Å²) in [6.07, 6.45) is 0. The van der Waals surface area contributed by atoms with Gasteiger partial charge in [0.05, 0.1) is 13.7 Å². The number of esters is 1. The van der Waals surface area contributed by atoms with Gasteiger partial charge in [-0.05, 0) is 25.0 Å². The monoisotopic (exact) mass is 287 g/mol. The Morgan fingerprint density at radius 1 is 1.29 bits per heavy atom. The van der Waals surface area contributed by atoms with Crippen molar-refractivity contribution >= 4 is 5.97 Å². The highest BCUT2D eigenvalue weighted by Crippen LogP contribution is 2.21. The molecule has 21 heavy (non-hydrogen) atoms. The summed E-state index contributed by atoms with van der Waals surface area (Å²) in [4.78, 5) is 23.8. The van der Waals surface area contributed by atoms with Crippen LogP contribution < -0.4 is 5.56 Å². The van der Waals surface area contributed by atoms with Gasteiger partial charge in [-0.2, -0.15) is 0 Å². The normalized spacial score (nSPS) is 10.4. The number of aromatic hydroxyl groups is 1. The quantitative estimate of drug-likeness (QED) is 0.877. The number of methoxy groups -OCH3 is 1. The lowest BCUT2D eigenvalue weighted by Crippen LogP contribution is -2.23. The average molecular weight is 287 g/mol. The Labute approximate surface area is 122 Å². The fourth-order valence-electron chi connectivity index (χ4n) is 2.25. The zero-order chi connectivity index (χ0) is 15.6. The van der Waals surface area contributed by atoms with Gasteiger partial charge in [0.25, 0.3) is 5.56 Å². The van der Waals surface area contributed by atoms with E-state index in [2.05, 4.69) is 4.74 Å². The zero-order valence-electron chi connectivity index (χ0n) is 12.2. The summed E-state index contributed by atoms with van der Waals surface area (Å²) in [6, 6.07) is 8.92. The van der Waals surface area contributed by atoms with E-state index in [-0.39, 0.29) is 23.5 Å².